The Morgan fingerprint density at radius 3 is 2.46 bits per heavy atom. The number of hydrogen-bond donors (Lipinski definition) is 1. The van der Waals surface area contributed by atoms with Gasteiger partial charge in [-0.1, -0.05) is 32.0 Å². The normalized spacial score (nSPS) is 23.3. The van der Waals surface area contributed by atoms with Gasteiger partial charge in [0, 0.05) is 25.9 Å². The van der Waals surface area contributed by atoms with Crippen LogP contribution >= 0.6 is 0 Å². The lowest BCUT2D eigenvalue weighted by Gasteiger charge is -2.29. The van der Waals surface area contributed by atoms with Gasteiger partial charge in [-0.3, -0.25) is 14.4 Å². The van der Waals surface area contributed by atoms with Gasteiger partial charge < -0.3 is 10.0 Å². The van der Waals surface area contributed by atoms with Crippen molar-refractivity contribution >= 4 is 29.2 Å². The first kappa shape index (κ1) is 18.1. The van der Waals surface area contributed by atoms with Crippen LogP contribution in [0.2, 0.25) is 0 Å². The zero-order valence-corrected chi connectivity index (χ0v) is 15.0. The van der Waals surface area contributed by atoms with Crippen molar-refractivity contribution in [1.82, 2.24) is 4.90 Å². The van der Waals surface area contributed by atoms with Gasteiger partial charge in [0.15, 0.2) is 0 Å². The van der Waals surface area contributed by atoms with Crippen LogP contribution in [0.3, 0.4) is 0 Å². The highest BCUT2D eigenvalue weighted by Crippen LogP contribution is 2.38. The molecule has 0 aromatic heterocycles. The minimum absolute atomic E-state index is 0.0755. The number of likely N-dealkylation sites (tertiary alicyclic amines) is 1. The SMILES string of the molecule is CC(C)C1(C(=O)O)CCN(C(=O)C2=NN(c3ccccc3)C(=O)CC2)C1. The monoisotopic (exact) mass is 357 g/mol. The Morgan fingerprint density at radius 1 is 1.19 bits per heavy atom. The summed E-state index contributed by atoms with van der Waals surface area (Å²) < 4.78 is 0. The molecule has 0 radical (unpaired) electrons. The van der Waals surface area contributed by atoms with Gasteiger partial charge in [0.2, 0.25) is 5.91 Å². The van der Waals surface area contributed by atoms with Crippen molar-refractivity contribution in [3.8, 4) is 0 Å². The van der Waals surface area contributed by atoms with Crippen LogP contribution in [-0.2, 0) is 14.4 Å². The van der Waals surface area contributed by atoms with E-state index in [1.54, 1.807) is 29.2 Å². The molecule has 3 rings (SSSR count). The van der Waals surface area contributed by atoms with Crippen LogP contribution in [0.1, 0.15) is 33.1 Å². The summed E-state index contributed by atoms with van der Waals surface area (Å²) in [6.07, 6.45) is 0.918. The van der Waals surface area contributed by atoms with Crippen molar-refractivity contribution < 1.29 is 19.5 Å². The summed E-state index contributed by atoms with van der Waals surface area (Å²) in [6.45, 7) is 4.31. The van der Waals surface area contributed by atoms with Crippen molar-refractivity contribution in [3.05, 3.63) is 30.3 Å². The first-order valence-electron chi connectivity index (χ1n) is 8.83. The molecule has 1 N–H and O–H groups in total. The van der Waals surface area contributed by atoms with Crippen molar-refractivity contribution in [2.24, 2.45) is 16.4 Å². The number of hydrazone groups is 1. The largest absolute Gasteiger partial charge is 0.481 e. The first-order valence-corrected chi connectivity index (χ1v) is 8.83. The molecule has 1 unspecified atom stereocenters. The number of amides is 2. The number of nitrogens with zero attached hydrogens (tertiary/aromatic N) is 3. The average molecular weight is 357 g/mol. The van der Waals surface area contributed by atoms with E-state index in [0.717, 1.165) is 0 Å². The molecule has 0 aliphatic carbocycles. The second-order valence-corrected chi connectivity index (χ2v) is 7.18. The van der Waals surface area contributed by atoms with Gasteiger partial charge in [0.05, 0.1) is 11.1 Å². The number of para-hydroxylation sites is 1. The van der Waals surface area contributed by atoms with E-state index in [1.807, 2.05) is 19.9 Å². The maximum atomic E-state index is 12.9. The zero-order valence-electron chi connectivity index (χ0n) is 15.0. The highest BCUT2D eigenvalue weighted by atomic mass is 16.4. The molecule has 26 heavy (non-hydrogen) atoms. The third kappa shape index (κ3) is 3.09. The fourth-order valence-electron chi connectivity index (χ4n) is 3.56. The third-order valence-corrected chi connectivity index (χ3v) is 5.40. The summed E-state index contributed by atoms with van der Waals surface area (Å²) in [5.41, 5.74) is 0.00388. The molecular weight excluding hydrogens is 334 g/mol. The predicted molar refractivity (Wildman–Crippen MR) is 96.7 cm³/mol. The number of carbonyl (C=O) groups excluding carboxylic acids is 2. The van der Waals surface area contributed by atoms with Crippen molar-refractivity contribution in [3.63, 3.8) is 0 Å². The molecule has 7 heteroatoms. The number of benzene rings is 1. The van der Waals surface area contributed by atoms with E-state index in [0.29, 0.717) is 24.4 Å². The molecule has 1 aromatic rings. The fraction of sp³-hybridized carbons (Fsp3) is 0.474. The summed E-state index contributed by atoms with van der Waals surface area (Å²) in [5.74, 6) is -1.37. The maximum Gasteiger partial charge on any atom is 0.311 e. The summed E-state index contributed by atoms with van der Waals surface area (Å²) in [6, 6.07) is 8.98. The second kappa shape index (κ2) is 6.90. The molecular formula is C19H23N3O4. The second-order valence-electron chi connectivity index (χ2n) is 7.18. The highest BCUT2D eigenvalue weighted by Gasteiger charge is 2.49. The van der Waals surface area contributed by atoms with E-state index in [-0.39, 0.29) is 37.1 Å². The van der Waals surface area contributed by atoms with E-state index in [9.17, 15) is 19.5 Å². The number of anilines is 1. The Kier molecular flexibility index (Phi) is 4.80. The van der Waals surface area contributed by atoms with E-state index in [2.05, 4.69) is 5.10 Å². The number of carbonyl (C=O) groups is 3. The molecule has 138 valence electrons. The minimum Gasteiger partial charge on any atom is -0.481 e. The molecule has 7 nitrogen and oxygen atoms in total. The summed E-state index contributed by atoms with van der Waals surface area (Å²) in [5, 5.41) is 15.2. The molecule has 0 bridgehead atoms. The molecule has 1 aromatic carbocycles. The lowest BCUT2D eigenvalue weighted by atomic mass is 9.76. The Bertz CT molecular complexity index is 759. The predicted octanol–water partition coefficient (Wildman–Crippen LogP) is 2.13. The van der Waals surface area contributed by atoms with E-state index in [1.165, 1.54) is 5.01 Å². The number of carboxylic acids is 1. The summed E-state index contributed by atoms with van der Waals surface area (Å²) in [4.78, 5) is 38.4. The topological polar surface area (TPSA) is 90.3 Å². The van der Waals surface area contributed by atoms with Gasteiger partial charge in [0.25, 0.3) is 5.91 Å². The Hall–Kier alpha value is -2.70. The molecule has 2 heterocycles. The van der Waals surface area contributed by atoms with Crippen LogP contribution in [0, 0.1) is 11.3 Å². The van der Waals surface area contributed by atoms with E-state index < -0.39 is 11.4 Å². The third-order valence-electron chi connectivity index (χ3n) is 5.40. The van der Waals surface area contributed by atoms with Gasteiger partial charge in [-0.05, 0) is 24.5 Å². The molecule has 1 atom stereocenters. The number of aliphatic carboxylic acids is 1. The van der Waals surface area contributed by atoms with Gasteiger partial charge >= 0.3 is 5.97 Å². The molecule has 1 saturated heterocycles. The Balaban J connectivity index is 1.82. The van der Waals surface area contributed by atoms with Gasteiger partial charge in [-0.25, -0.2) is 5.01 Å². The van der Waals surface area contributed by atoms with Crippen LogP contribution in [0.5, 0.6) is 0 Å². The maximum absolute atomic E-state index is 12.9. The van der Waals surface area contributed by atoms with Crippen LogP contribution in [0.15, 0.2) is 35.4 Å². The number of hydrogen-bond acceptors (Lipinski definition) is 4. The average Bonchev–Trinajstić information content (AvgIpc) is 3.09. The van der Waals surface area contributed by atoms with E-state index in [4.69, 9.17) is 0 Å². The standard InChI is InChI=1S/C19H23N3O4/c1-13(2)19(18(25)26)10-11-21(12-19)17(24)15-8-9-16(23)22(20-15)14-6-4-3-5-7-14/h3-7,13H,8-12H2,1-2H3,(H,25,26). The van der Waals surface area contributed by atoms with Crippen molar-refractivity contribution in [2.45, 2.75) is 33.1 Å². The minimum atomic E-state index is -0.917. The summed E-state index contributed by atoms with van der Waals surface area (Å²) >= 11 is 0. The van der Waals surface area contributed by atoms with Gasteiger partial charge in [0.1, 0.15) is 5.71 Å². The number of rotatable bonds is 4. The van der Waals surface area contributed by atoms with Crippen LogP contribution in [0.25, 0.3) is 0 Å². The smallest absolute Gasteiger partial charge is 0.311 e. The van der Waals surface area contributed by atoms with Crippen molar-refractivity contribution in [2.75, 3.05) is 18.1 Å². The van der Waals surface area contributed by atoms with Gasteiger partial charge in [-0.2, -0.15) is 5.10 Å². The lowest BCUT2D eigenvalue weighted by molar-refractivity contribution is -0.151. The molecule has 2 aliphatic rings. The highest BCUT2D eigenvalue weighted by molar-refractivity contribution is 6.40. The lowest BCUT2D eigenvalue weighted by Crippen LogP contribution is -2.44. The molecule has 2 amide bonds. The first-order chi connectivity index (χ1) is 12.3. The zero-order chi connectivity index (χ0) is 18.9. The summed E-state index contributed by atoms with van der Waals surface area (Å²) in [7, 11) is 0. The molecule has 0 spiro atoms. The Labute approximate surface area is 152 Å². The molecule has 0 saturated carbocycles. The van der Waals surface area contributed by atoms with Crippen molar-refractivity contribution in [1.29, 1.82) is 0 Å². The quantitative estimate of drug-likeness (QED) is 0.894. The fourth-order valence-corrected chi connectivity index (χ4v) is 3.56. The van der Waals surface area contributed by atoms with E-state index >= 15 is 0 Å². The molecule has 2 aliphatic heterocycles. The van der Waals surface area contributed by atoms with Crippen LogP contribution in [0.4, 0.5) is 5.69 Å². The van der Waals surface area contributed by atoms with Gasteiger partial charge in [-0.15, -0.1) is 0 Å². The number of carboxylic acid groups (broad SMARTS) is 1. The molecule has 1 fully saturated rings. The van der Waals surface area contributed by atoms with Crippen LogP contribution in [-0.4, -0.2) is 46.6 Å². The van der Waals surface area contributed by atoms with Crippen LogP contribution < -0.4 is 5.01 Å². The Morgan fingerprint density at radius 2 is 1.88 bits per heavy atom.